The van der Waals surface area contributed by atoms with Gasteiger partial charge in [-0.2, -0.15) is 0 Å². The second kappa shape index (κ2) is 5.96. The van der Waals surface area contributed by atoms with Gasteiger partial charge < -0.3 is 5.32 Å². The molecule has 104 valence electrons. The Balaban J connectivity index is 2.37. The van der Waals surface area contributed by atoms with E-state index >= 15 is 0 Å². The smallest absolute Gasteiger partial charge is 0.272 e. The number of anilines is 1. The van der Waals surface area contributed by atoms with Crippen LogP contribution in [0.25, 0.3) is 0 Å². The Kier molecular flexibility index (Phi) is 4.29. The topological polar surface area (TPSA) is 55.2 Å². The molecular formula is C15H16N2O2S. The molecule has 0 heterocycles. The van der Waals surface area contributed by atoms with Crippen molar-refractivity contribution < 1.29 is 4.92 Å². The van der Waals surface area contributed by atoms with Crippen LogP contribution in [0.4, 0.5) is 11.4 Å². The van der Waals surface area contributed by atoms with E-state index in [0.29, 0.717) is 0 Å². The lowest BCUT2D eigenvalue weighted by Crippen LogP contribution is -1.93. The molecule has 0 bridgehead atoms. The number of nitro groups is 1. The Morgan fingerprint density at radius 1 is 1.15 bits per heavy atom. The Labute approximate surface area is 122 Å². The average molecular weight is 288 g/mol. The molecule has 0 aliphatic heterocycles. The first kappa shape index (κ1) is 14.4. The SMILES string of the molecule is CNc1cc(Sc2ccc(C)cc2C)cc([N+](=O)[O-])c1. The summed E-state index contributed by atoms with van der Waals surface area (Å²) in [6.45, 7) is 4.10. The summed E-state index contributed by atoms with van der Waals surface area (Å²) in [5.74, 6) is 0. The maximum Gasteiger partial charge on any atom is 0.272 e. The van der Waals surface area contributed by atoms with E-state index in [4.69, 9.17) is 0 Å². The molecule has 0 radical (unpaired) electrons. The minimum Gasteiger partial charge on any atom is -0.388 e. The Hall–Kier alpha value is -2.01. The van der Waals surface area contributed by atoms with Crippen LogP contribution in [0.1, 0.15) is 11.1 Å². The van der Waals surface area contributed by atoms with Gasteiger partial charge in [-0.1, -0.05) is 29.5 Å². The van der Waals surface area contributed by atoms with E-state index in [1.54, 1.807) is 13.1 Å². The van der Waals surface area contributed by atoms with Crippen molar-refractivity contribution in [3.8, 4) is 0 Å². The van der Waals surface area contributed by atoms with Crippen molar-refractivity contribution in [1.82, 2.24) is 0 Å². The first-order chi connectivity index (χ1) is 9.49. The fraction of sp³-hybridized carbons (Fsp3) is 0.200. The van der Waals surface area contributed by atoms with Gasteiger partial charge in [-0.3, -0.25) is 10.1 Å². The van der Waals surface area contributed by atoms with E-state index in [2.05, 4.69) is 11.4 Å². The molecule has 0 spiro atoms. The molecule has 0 aromatic heterocycles. The third-order valence-electron chi connectivity index (χ3n) is 2.95. The van der Waals surface area contributed by atoms with Gasteiger partial charge >= 0.3 is 0 Å². The molecule has 0 atom stereocenters. The molecule has 0 saturated carbocycles. The van der Waals surface area contributed by atoms with Crippen molar-refractivity contribution in [2.24, 2.45) is 0 Å². The molecule has 0 aliphatic carbocycles. The quantitative estimate of drug-likeness (QED) is 0.669. The monoisotopic (exact) mass is 288 g/mol. The summed E-state index contributed by atoms with van der Waals surface area (Å²) in [6, 6.07) is 11.3. The molecule has 2 aromatic rings. The number of benzene rings is 2. The summed E-state index contributed by atoms with van der Waals surface area (Å²) in [6.07, 6.45) is 0. The highest BCUT2D eigenvalue weighted by atomic mass is 32.2. The summed E-state index contributed by atoms with van der Waals surface area (Å²) in [5.41, 5.74) is 3.23. The van der Waals surface area contributed by atoms with Crippen LogP contribution in [0.15, 0.2) is 46.2 Å². The van der Waals surface area contributed by atoms with Crippen LogP contribution in [0.5, 0.6) is 0 Å². The summed E-state index contributed by atoms with van der Waals surface area (Å²) < 4.78 is 0. The number of nitrogens with one attached hydrogen (secondary N) is 1. The van der Waals surface area contributed by atoms with Crippen LogP contribution < -0.4 is 5.32 Å². The highest BCUT2D eigenvalue weighted by Crippen LogP contribution is 2.34. The van der Waals surface area contributed by atoms with Gasteiger partial charge in [-0.05, 0) is 31.5 Å². The van der Waals surface area contributed by atoms with E-state index < -0.39 is 0 Å². The normalized spacial score (nSPS) is 10.3. The standard InChI is InChI=1S/C15H16N2O2S/c1-10-4-5-15(11(2)6-10)20-14-8-12(16-3)7-13(9-14)17(18)19/h4-9,16H,1-3H3. The molecule has 2 aromatic carbocycles. The second-order valence-corrected chi connectivity index (χ2v) is 5.71. The van der Waals surface area contributed by atoms with Crippen LogP contribution >= 0.6 is 11.8 Å². The van der Waals surface area contributed by atoms with Gasteiger partial charge in [0.1, 0.15) is 0 Å². The van der Waals surface area contributed by atoms with Gasteiger partial charge in [-0.25, -0.2) is 0 Å². The molecule has 0 aliphatic rings. The number of rotatable bonds is 4. The van der Waals surface area contributed by atoms with Gasteiger partial charge in [0.15, 0.2) is 0 Å². The van der Waals surface area contributed by atoms with E-state index in [0.717, 1.165) is 15.5 Å². The molecule has 0 amide bonds. The predicted octanol–water partition coefficient (Wildman–Crippen LogP) is 4.40. The highest BCUT2D eigenvalue weighted by Gasteiger charge is 2.11. The number of nitro benzene ring substituents is 1. The minimum atomic E-state index is -0.368. The molecule has 20 heavy (non-hydrogen) atoms. The Morgan fingerprint density at radius 3 is 2.50 bits per heavy atom. The third-order valence-corrected chi connectivity index (χ3v) is 4.10. The lowest BCUT2D eigenvalue weighted by molar-refractivity contribution is -0.385. The van der Waals surface area contributed by atoms with Crippen molar-refractivity contribution in [3.63, 3.8) is 0 Å². The van der Waals surface area contributed by atoms with E-state index in [-0.39, 0.29) is 10.6 Å². The Bertz CT molecular complexity index is 656. The zero-order valence-electron chi connectivity index (χ0n) is 11.6. The number of non-ortho nitro benzene ring substituents is 1. The van der Waals surface area contributed by atoms with Crippen molar-refractivity contribution in [2.75, 3.05) is 12.4 Å². The van der Waals surface area contributed by atoms with Crippen molar-refractivity contribution >= 4 is 23.1 Å². The fourth-order valence-corrected chi connectivity index (χ4v) is 2.91. The van der Waals surface area contributed by atoms with Crippen molar-refractivity contribution in [2.45, 2.75) is 23.6 Å². The second-order valence-electron chi connectivity index (χ2n) is 4.59. The largest absolute Gasteiger partial charge is 0.388 e. The predicted molar refractivity (Wildman–Crippen MR) is 82.7 cm³/mol. The van der Waals surface area contributed by atoms with E-state index in [1.807, 2.05) is 32.0 Å². The molecule has 0 unspecified atom stereocenters. The summed E-state index contributed by atoms with van der Waals surface area (Å²) in [7, 11) is 1.75. The fourth-order valence-electron chi connectivity index (χ4n) is 1.93. The number of hydrogen-bond acceptors (Lipinski definition) is 4. The molecular weight excluding hydrogens is 272 g/mol. The number of aryl methyl sites for hydroxylation is 2. The van der Waals surface area contributed by atoms with Gasteiger partial charge in [0.25, 0.3) is 5.69 Å². The molecule has 4 nitrogen and oxygen atoms in total. The van der Waals surface area contributed by atoms with E-state index in [1.165, 1.54) is 29.0 Å². The minimum absolute atomic E-state index is 0.101. The van der Waals surface area contributed by atoms with E-state index in [9.17, 15) is 10.1 Å². The van der Waals surface area contributed by atoms with Crippen molar-refractivity contribution in [1.29, 1.82) is 0 Å². The summed E-state index contributed by atoms with van der Waals surface area (Å²) in [5, 5.41) is 13.9. The van der Waals surface area contributed by atoms with Crippen LogP contribution in [0.3, 0.4) is 0 Å². The van der Waals surface area contributed by atoms with Crippen LogP contribution in [0, 0.1) is 24.0 Å². The van der Waals surface area contributed by atoms with Gasteiger partial charge in [0, 0.05) is 34.7 Å². The zero-order valence-corrected chi connectivity index (χ0v) is 12.5. The Morgan fingerprint density at radius 2 is 1.90 bits per heavy atom. The molecule has 2 rings (SSSR count). The number of hydrogen-bond donors (Lipinski definition) is 1. The van der Waals surface area contributed by atoms with Gasteiger partial charge in [0.05, 0.1) is 4.92 Å². The maximum atomic E-state index is 11.0. The maximum absolute atomic E-state index is 11.0. The number of nitrogens with zero attached hydrogens (tertiary/aromatic N) is 1. The van der Waals surface area contributed by atoms with Gasteiger partial charge in [-0.15, -0.1) is 0 Å². The molecule has 0 saturated heterocycles. The van der Waals surface area contributed by atoms with Gasteiger partial charge in [0.2, 0.25) is 0 Å². The summed E-state index contributed by atoms with van der Waals surface area (Å²) >= 11 is 1.54. The zero-order chi connectivity index (χ0) is 14.7. The van der Waals surface area contributed by atoms with Crippen molar-refractivity contribution in [3.05, 3.63) is 57.6 Å². The molecule has 5 heteroatoms. The summed E-state index contributed by atoms with van der Waals surface area (Å²) in [4.78, 5) is 12.6. The van der Waals surface area contributed by atoms with Crippen LogP contribution in [-0.4, -0.2) is 12.0 Å². The highest BCUT2D eigenvalue weighted by molar-refractivity contribution is 7.99. The first-order valence-corrected chi connectivity index (χ1v) is 7.03. The average Bonchev–Trinajstić information content (AvgIpc) is 2.41. The third kappa shape index (κ3) is 3.30. The first-order valence-electron chi connectivity index (χ1n) is 6.22. The lowest BCUT2D eigenvalue weighted by Gasteiger charge is -2.08. The van der Waals surface area contributed by atoms with Crippen LogP contribution in [0.2, 0.25) is 0 Å². The molecule has 0 fully saturated rings. The lowest BCUT2D eigenvalue weighted by atomic mass is 10.2. The molecule has 1 N–H and O–H groups in total. The van der Waals surface area contributed by atoms with Crippen LogP contribution in [-0.2, 0) is 0 Å².